The number of benzene rings is 2. The van der Waals surface area contributed by atoms with Gasteiger partial charge in [-0.05, 0) is 62.4 Å². The molecule has 0 aliphatic rings. The van der Waals surface area contributed by atoms with Gasteiger partial charge < -0.3 is 4.57 Å². The fraction of sp³-hybridized carbons (Fsp3) is 0.105. The monoisotopic (exact) mass is 466 g/mol. The summed E-state index contributed by atoms with van der Waals surface area (Å²) in [6, 6.07) is 14.9. The predicted octanol–water partition coefficient (Wildman–Crippen LogP) is 4.63. The normalized spacial score (nSPS) is 11.4. The van der Waals surface area contributed by atoms with Crippen molar-refractivity contribution in [3.63, 3.8) is 0 Å². The molecule has 0 aliphatic carbocycles. The van der Waals surface area contributed by atoms with Crippen LogP contribution in [0.3, 0.4) is 0 Å². The maximum absolute atomic E-state index is 12.5. The molecule has 0 radical (unpaired) electrons. The highest BCUT2D eigenvalue weighted by Crippen LogP contribution is 2.24. The molecule has 0 saturated carbocycles. The van der Waals surface area contributed by atoms with E-state index in [0.717, 1.165) is 17.1 Å². The van der Waals surface area contributed by atoms with Crippen LogP contribution in [0, 0.1) is 13.8 Å². The van der Waals surface area contributed by atoms with Crippen molar-refractivity contribution in [3.8, 4) is 5.69 Å². The molecule has 0 saturated heterocycles. The Morgan fingerprint density at radius 1 is 1.04 bits per heavy atom. The molecule has 140 valence electrons. The number of nitrogens with zero attached hydrogens (tertiary/aromatic N) is 1. The molecule has 2 aromatic carbocycles. The number of carbonyl (C=O) groups excluding carboxylic acids is 1. The fourth-order valence-corrected chi connectivity index (χ4v) is 4.60. The highest BCUT2D eigenvalue weighted by atomic mass is 79.9. The maximum Gasteiger partial charge on any atom is 0.266 e. The van der Waals surface area contributed by atoms with Crippen LogP contribution in [0.4, 0.5) is 0 Å². The molecular weight excluding hydrogens is 452 g/mol. The maximum atomic E-state index is 12.5. The van der Waals surface area contributed by atoms with Gasteiger partial charge in [-0.25, -0.2) is 13.1 Å². The second-order valence-corrected chi connectivity index (χ2v) is 9.01. The molecule has 8 heteroatoms. The fourth-order valence-electron chi connectivity index (χ4n) is 2.77. The quantitative estimate of drug-likeness (QED) is 0.608. The summed E-state index contributed by atoms with van der Waals surface area (Å²) in [5.74, 6) is -0.785. The first-order valence-corrected chi connectivity index (χ1v) is 10.6. The summed E-state index contributed by atoms with van der Waals surface area (Å²) >= 11 is 9.48. The van der Waals surface area contributed by atoms with E-state index in [1.807, 2.05) is 30.5 Å². The van der Waals surface area contributed by atoms with E-state index in [1.165, 1.54) is 18.2 Å². The Labute approximate surface area is 171 Å². The number of aryl methyl sites for hydroxylation is 2. The van der Waals surface area contributed by atoms with Gasteiger partial charge in [-0.3, -0.25) is 4.79 Å². The van der Waals surface area contributed by atoms with Crippen LogP contribution in [0.1, 0.15) is 21.7 Å². The number of amides is 1. The Kier molecular flexibility index (Phi) is 5.46. The Balaban J connectivity index is 1.90. The average molecular weight is 468 g/mol. The third kappa shape index (κ3) is 4.10. The van der Waals surface area contributed by atoms with E-state index >= 15 is 0 Å². The first kappa shape index (κ1) is 19.7. The van der Waals surface area contributed by atoms with Gasteiger partial charge in [-0.2, -0.15) is 0 Å². The summed E-state index contributed by atoms with van der Waals surface area (Å²) in [6.45, 7) is 3.93. The lowest BCUT2D eigenvalue weighted by molar-refractivity contribution is 0.0981. The number of carbonyl (C=O) groups is 1. The van der Waals surface area contributed by atoms with Crippen LogP contribution >= 0.6 is 27.5 Å². The molecular formula is C19H16BrClN2O3S. The number of nitrogens with one attached hydrogen (secondary N) is 1. The Bertz CT molecular complexity index is 1120. The number of halogens is 2. The predicted molar refractivity (Wildman–Crippen MR) is 109 cm³/mol. The number of hydrogen-bond donors (Lipinski definition) is 1. The molecule has 0 unspecified atom stereocenters. The lowest BCUT2D eigenvalue weighted by Gasteiger charge is -2.12. The van der Waals surface area contributed by atoms with Gasteiger partial charge in [0.05, 0.1) is 15.5 Å². The highest BCUT2D eigenvalue weighted by molar-refractivity contribution is 9.10. The summed E-state index contributed by atoms with van der Waals surface area (Å²) in [5, 5.41) is 0.168. The molecule has 1 amide bonds. The van der Waals surface area contributed by atoms with Crippen molar-refractivity contribution in [3.05, 3.63) is 81.0 Å². The van der Waals surface area contributed by atoms with Gasteiger partial charge >= 0.3 is 0 Å². The van der Waals surface area contributed by atoms with E-state index in [1.54, 1.807) is 24.3 Å². The molecule has 3 aromatic rings. The van der Waals surface area contributed by atoms with Gasteiger partial charge in [0.1, 0.15) is 0 Å². The Morgan fingerprint density at radius 3 is 2.30 bits per heavy atom. The van der Waals surface area contributed by atoms with E-state index in [-0.39, 0.29) is 15.5 Å². The van der Waals surface area contributed by atoms with Crippen molar-refractivity contribution in [1.29, 1.82) is 0 Å². The largest absolute Gasteiger partial charge is 0.318 e. The SMILES string of the molecule is Cc1ccc(C)n1-c1ccc(C(=O)NS(=O)(=O)c2cccc(Br)c2)c(Cl)c1. The zero-order valence-corrected chi connectivity index (χ0v) is 17.7. The third-order valence-electron chi connectivity index (χ3n) is 4.06. The van der Waals surface area contributed by atoms with Gasteiger partial charge in [-0.1, -0.05) is 33.6 Å². The average Bonchev–Trinajstić information content (AvgIpc) is 2.93. The van der Waals surface area contributed by atoms with Crippen molar-refractivity contribution in [1.82, 2.24) is 9.29 Å². The van der Waals surface area contributed by atoms with Gasteiger partial charge in [0.2, 0.25) is 0 Å². The number of aromatic nitrogens is 1. The van der Waals surface area contributed by atoms with E-state index in [9.17, 15) is 13.2 Å². The lowest BCUT2D eigenvalue weighted by Crippen LogP contribution is -2.30. The standard InChI is InChI=1S/C19H16BrClN2O3S/c1-12-6-7-13(2)23(12)15-8-9-17(18(21)11-15)19(24)22-27(25,26)16-5-3-4-14(20)10-16/h3-11H,1-2H3,(H,22,24). The number of rotatable bonds is 4. The van der Waals surface area contributed by atoms with E-state index in [0.29, 0.717) is 4.47 Å². The number of sulfonamides is 1. The zero-order chi connectivity index (χ0) is 19.8. The molecule has 1 heterocycles. The van der Waals surface area contributed by atoms with Crippen molar-refractivity contribution < 1.29 is 13.2 Å². The second-order valence-electron chi connectivity index (χ2n) is 6.01. The highest BCUT2D eigenvalue weighted by Gasteiger charge is 2.21. The van der Waals surface area contributed by atoms with Crippen LogP contribution in [-0.4, -0.2) is 18.9 Å². The minimum Gasteiger partial charge on any atom is -0.318 e. The molecule has 0 fully saturated rings. The summed E-state index contributed by atoms with van der Waals surface area (Å²) in [5.41, 5.74) is 2.93. The van der Waals surface area contributed by atoms with Gasteiger partial charge in [0.25, 0.3) is 15.9 Å². The lowest BCUT2D eigenvalue weighted by atomic mass is 10.2. The van der Waals surface area contributed by atoms with Crippen molar-refractivity contribution >= 4 is 43.5 Å². The van der Waals surface area contributed by atoms with Crippen molar-refractivity contribution in [2.45, 2.75) is 18.7 Å². The molecule has 0 atom stereocenters. The van der Waals surface area contributed by atoms with Gasteiger partial charge in [0.15, 0.2) is 0 Å². The molecule has 0 aliphatic heterocycles. The topological polar surface area (TPSA) is 68.2 Å². The summed E-state index contributed by atoms with van der Waals surface area (Å²) in [6.07, 6.45) is 0. The smallest absolute Gasteiger partial charge is 0.266 e. The van der Waals surface area contributed by atoms with Crippen LogP contribution in [0.15, 0.2) is 64.0 Å². The summed E-state index contributed by atoms with van der Waals surface area (Å²) in [4.78, 5) is 12.5. The van der Waals surface area contributed by atoms with Crippen molar-refractivity contribution in [2.75, 3.05) is 0 Å². The molecule has 3 rings (SSSR count). The van der Waals surface area contributed by atoms with Gasteiger partial charge in [-0.15, -0.1) is 0 Å². The van der Waals surface area contributed by atoms with E-state index in [2.05, 4.69) is 20.7 Å². The molecule has 1 aromatic heterocycles. The first-order chi connectivity index (χ1) is 12.7. The molecule has 27 heavy (non-hydrogen) atoms. The zero-order valence-electron chi connectivity index (χ0n) is 14.5. The first-order valence-electron chi connectivity index (χ1n) is 7.96. The molecule has 1 N–H and O–H groups in total. The van der Waals surface area contributed by atoms with Crippen LogP contribution in [0.5, 0.6) is 0 Å². The Hall–Kier alpha value is -2.09. The second kappa shape index (κ2) is 7.50. The Morgan fingerprint density at radius 2 is 1.70 bits per heavy atom. The van der Waals surface area contributed by atoms with Gasteiger partial charge in [0, 0.05) is 21.5 Å². The number of hydrogen-bond acceptors (Lipinski definition) is 3. The van der Waals surface area contributed by atoms with Crippen LogP contribution in [-0.2, 0) is 10.0 Å². The van der Waals surface area contributed by atoms with Crippen molar-refractivity contribution in [2.24, 2.45) is 0 Å². The van der Waals surface area contributed by atoms with E-state index in [4.69, 9.17) is 11.6 Å². The molecule has 0 bridgehead atoms. The van der Waals surface area contributed by atoms with Crippen LogP contribution < -0.4 is 4.72 Å². The van der Waals surface area contributed by atoms with Crippen LogP contribution in [0.25, 0.3) is 5.69 Å². The minimum absolute atomic E-state index is 0.0171. The summed E-state index contributed by atoms with van der Waals surface area (Å²) < 4.78 is 29.5. The third-order valence-corrected chi connectivity index (χ3v) is 6.19. The van der Waals surface area contributed by atoms with E-state index < -0.39 is 15.9 Å². The molecule has 5 nitrogen and oxygen atoms in total. The van der Waals surface area contributed by atoms with Crippen LogP contribution in [0.2, 0.25) is 5.02 Å². The molecule has 0 spiro atoms. The summed E-state index contributed by atoms with van der Waals surface area (Å²) in [7, 11) is -4.01. The minimum atomic E-state index is -4.01.